The molecular weight excluding hydrogens is 233 g/mol. The van der Waals surface area contributed by atoms with Gasteiger partial charge in [0.05, 0.1) is 6.42 Å². The Bertz CT molecular complexity index is 455. The van der Waals surface area contributed by atoms with Crippen LogP contribution in [0.2, 0.25) is 0 Å². The Kier molecular flexibility index (Phi) is 3.09. The molecule has 1 unspecified atom stereocenters. The van der Waals surface area contributed by atoms with Gasteiger partial charge in [0, 0.05) is 12.0 Å². The van der Waals surface area contributed by atoms with Crippen molar-refractivity contribution in [3.05, 3.63) is 35.1 Å². The Balaban J connectivity index is 2.38. The highest BCUT2D eigenvalue weighted by Gasteiger charge is 2.36. The van der Waals surface area contributed by atoms with Crippen molar-refractivity contribution in [3.8, 4) is 0 Å². The van der Waals surface area contributed by atoms with E-state index in [4.69, 9.17) is 5.11 Å². The van der Waals surface area contributed by atoms with Gasteiger partial charge in [0.2, 0.25) is 0 Å². The van der Waals surface area contributed by atoms with Crippen LogP contribution in [0.15, 0.2) is 12.1 Å². The third kappa shape index (κ3) is 2.60. The highest BCUT2D eigenvalue weighted by molar-refractivity contribution is 5.68. The number of benzene rings is 1. The van der Waals surface area contributed by atoms with Gasteiger partial charge < -0.3 is 5.11 Å². The zero-order valence-corrected chi connectivity index (χ0v) is 8.92. The minimum Gasteiger partial charge on any atom is -0.481 e. The lowest BCUT2D eigenvalue weighted by Gasteiger charge is -2.15. The molecule has 1 saturated carbocycles. The van der Waals surface area contributed by atoms with Gasteiger partial charge >= 0.3 is 5.97 Å². The molecule has 1 fully saturated rings. The standard InChI is InChI=1S/C12H11F3O2/c13-7-3-9(12(15)10(14)4-7)8(5-11(16)17)6-1-2-6/h3-4,6,8H,1-2,5H2,(H,16,17). The SMILES string of the molecule is O=C(O)CC(c1cc(F)cc(F)c1F)C1CC1. The van der Waals surface area contributed by atoms with E-state index in [0.29, 0.717) is 6.07 Å². The van der Waals surface area contributed by atoms with E-state index in [0.717, 1.165) is 18.9 Å². The van der Waals surface area contributed by atoms with Crippen molar-refractivity contribution in [1.82, 2.24) is 0 Å². The first-order valence-corrected chi connectivity index (χ1v) is 5.35. The summed E-state index contributed by atoms with van der Waals surface area (Å²) < 4.78 is 39.6. The summed E-state index contributed by atoms with van der Waals surface area (Å²) in [7, 11) is 0. The summed E-state index contributed by atoms with van der Waals surface area (Å²) in [4.78, 5) is 10.7. The molecule has 1 N–H and O–H groups in total. The number of hydrogen-bond acceptors (Lipinski definition) is 1. The van der Waals surface area contributed by atoms with Crippen molar-refractivity contribution in [1.29, 1.82) is 0 Å². The van der Waals surface area contributed by atoms with Crippen LogP contribution in [0.4, 0.5) is 13.2 Å². The number of carboxylic acid groups (broad SMARTS) is 1. The summed E-state index contributed by atoms with van der Waals surface area (Å²) in [6, 6.07) is 1.36. The second kappa shape index (κ2) is 4.39. The lowest BCUT2D eigenvalue weighted by Crippen LogP contribution is -2.11. The molecule has 1 atom stereocenters. The average Bonchev–Trinajstić information content (AvgIpc) is 3.03. The molecule has 2 rings (SSSR count). The third-order valence-corrected chi connectivity index (χ3v) is 3.01. The topological polar surface area (TPSA) is 37.3 Å². The maximum absolute atomic E-state index is 13.5. The molecule has 1 aromatic rings. The summed E-state index contributed by atoms with van der Waals surface area (Å²) in [6.07, 6.45) is 1.25. The molecule has 1 aliphatic rings. The summed E-state index contributed by atoms with van der Waals surface area (Å²) >= 11 is 0. The quantitative estimate of drug-likeness (QED) is 0.826. The lowest BCUT2D eigenvalue weighted by atomic mass is 9.90. The Morgan fingerprint density at radius 3 is 2.53 bits per heavy atom. The minimum atomic E-state index is -1.27. The van der Waals surface area contributed by atoms with E-state index < -0.39 is 29.3 Å². The maximum atomic E-state index is 13.5. The molecule has 0 amide bonds. The van der Waals surface area contributed by atoms with E-state index in [-0.39, 0.29) is 17.9 Å². The van der Waals surface area contributed by atoms with Crippen LogP contribution in [-0.2, 0) is 4.79 Å². The van der Waals surface area contributed by atoms with Gasteiger partial charge in [-0.1, -0.05) is 0 Å². The molecule has 0 heterocycles. The number of halogens is 3. The highest BCUT2D eigenvalue weighted by Crippen LogP contribution is 2.45. The molecule has 1 aliphatic carbocycles. The van der Waals surface area contributed by atoms with Gasteiger partial charge in [0.15, 0.2) is 11.6 Å². The van der Waals surface area contributed by atoms with Gasteiger partial charge in [0.25, 0.3) is 0 Å². The summed E-state index contributed by atoms with van der Waals surface area (Å²) in [6.45, 7) is 0. The van der Waals surface area contributed by atoms with E-state index in [2.05, 4.69) is 0 Å². The summed E-state index contributed by atoms with van der Waals surface area (Å²) in [5.74, 6) is -5.00. The monoisotopic (exact) mass is 244 g/mol. The van der Waals surface area contributed by atoms with Gasteiger partial charge in [-0.3, -0.25) is 4.79 Å². The summed E-state index contributed by atoms with van der Waals surface area (Å²) in [5, 5.41) is 8.74. The second-order valence-electron chi connectivity index (χ2n) is 4.33. The van der Waals surface area contributed by atoms with E-state index >= 15 is 0 Å². The van der Waals surface area contributed by atoms with Gasteiger partial charge in [-0.25, -0.2) is 13.2 Å². The minimum absolute atomic E-state index is 0.0156. The Hall–Kier alpha value is -1.52. The lowest BCUT2D eigenvalue weighted by molar-refractivity contribution is -0.137. The average molecular weight is 244 g/mol. The molecule has 0 radical (unpaired) electrons. The molecule has 0 saturated heterocycles. The molecule has 17 heavy (non-hydrogen) atoms. The van der Waals surface area contributed by atoms with E-state index in [9.17, 15) is 18.0 Å². The molecule has 0 bridgehead atoms. The first-order chi connectivity index (χ1) is 7.99. The zero-order chi connectivity index (χ0) is 12.6. The fourth-order valence-corrected chi connectivity index (χ4v) is 2.06. The van der Waals surface area contributed by atoms with Crippen molar-refractivity contribution in [2.45, 2.75) is 25.2 Å². The second-order valence-corrected chi connectivity index (χ2v) is 4.33. The van der Waals surface area contributed by atoms with Crippen LogP contribution >= 0.6 is 0 Å². The van der Waals surface area contributed by atoms with Crippen LogP contribution in [0, 0.1) is 23.4 Å². The molecule has 92 valence electrons. The Morgan fingerprint density at radius 1 is 1.35 bits per heavy atom. The van der Waals surface area contributed by atoms with Crippen molar-refractivity contribution in [2.24, 2.45) is 5.92 Å². The van der Waals surface area contributed by atoms with Crippen LogP contribution in [0.3, 0.4) is 0 Å². The van der Waals surface area contributed by atoms with Gasteiger partial charge in [0.1, 0.15) is 5.82 Å². The molecule has 0 spiro atoms. The first kappa shape index (κ1) is 12.0. The van der Waals surface area contributed by atoms with Crippen molar-refractivity contribution < 1.29 is 23.1 Å². The molecule has 2 nitrogen and oxygen atoms in total. The van der Waals surface area contributed by atoms with Crippen LogP contribution in [-0.4, -0.2) is 11.1 Å². The Morgan fingerprint density at radius 2 is 2.00 bits per heavy atom. The van der Waals surface area contributed by atoms with Gasteiger partial charge in [-0.2, -0.15) is 0 Å². The van der Waals surface area contributed by atoms with Crippen LogP contribution in [0.5, 0.6) is 0 Å². The molecule has 0 aromatic heterocycles. The summed E-state index contributed by atoms with van der Waals surface area (Å²) in [5.41, 5.74) is -0.160. The van der Waals surface area contributed by atoms with E-state index in [1.54, 1.807) is 0 Å². The van der Waals surface area contributed by atoms with E-state index in [1.807, 2.05) is 0 Å². The van der Waals surface area contributed by atoms with E-state index in [1.165, 1.54) is 0 Å². The largest absolute Gasteiger partial charge is 0.481 e. The van der Waals surface area contributed by atoms with Crippen molar-refractivity contribution in [3.63, 3.8) is 0 Å². The number of rotatable bonds is 4. The molecule has 0 aliphatic heterocycles. The van der Waals surface area contributed by atoms with Gasteiger partial charge in [-0.05, 0) is 30.4 Å². The number of carbonyl (C=O) groups is 1. The maximum Gasteiger partial charge on any atom is 0.303 e. The predicted octanol–water partition coefficient (Wildman–Crippen LogP) is 3.07. The smallest absolute Gasteiger partial charge is 0.303 e. The number of carboxylic acids is 1. The zero-order valence-electron chi connectivity index (χ0n) is 8.92. The Labute approximate surface area is 96.1 Å². The fourth-order valence-electron chi connectivity index (χ4n) is 2.06. The molecule has 5 heteroatoms. The number of hydrogen-bond donors (Lipinski definition) is 1. The highest BCUT2D eigenvalue weighted by atomic mass is 19.2. The van der Waals surface area contributed by atoms with Crippen molar-refractivity contribution in [2.75, 3.05) is 0 Å². The number of aliphatic carboxylic acids is 1. The van der Waals surface area contributed by atoms with Crippen LogP contribution in [0.25, 0.3) is 0 Å². The fraction of sp³-hybridized carbons (Fsp3) is 0.417. The normalized spacial score (nSPS) is 16.9. The predicted molar refractivity (Wildman–Crippen MR) is 54.0 cm³/mol. The van der Waals surface area contributed by atoms with Crippen LogP contribution < -0.4 is 0 Å². The van der Waals surface area contributed by atoms with Gasteiger partial charge in [-0.15, -0.1) is 0 Å². The third-order valence-electron chi connectivity index (χ3n) is 3.01. The molecular formula is C12H11F3O2. The van der Waals surface area contributed by atoms with Crippen molar-refractivity contribution >= 4 is 5.97 Å². The van der Waals surface area contributed by atoms with Crippen LogP contribution in [0.1, 0.15) is 30.7 Å². The molecule has 1 aromatic carbocycles. The first-order valence-electron chi connectivity index (χ1n) is 5.35.